The minimum absolute atomic E-state index is 0.499. The molecule has 2 rings (SSSR count). The molecule has 0 bridgehead atoms. The first kappa shape index (κ1) is 12.1. The maximum atomic E-state index is 5.31. The summed E-state index contributed by atoms with van der Waals surface area (Å²) < 4.78 is 3.03. The zero-order valence-corrected chi connectivity index (χ0v) is 11.1. The lowest BCUT2D eigenvalue weighted by Gasteiger charge is -2.10. The molecule has 0 saturated carbocycles. The van der Waals surface area contributed by atoms with Crippen molar-refractivity contribution in [2.45, 2.75) is 32.7 Å². The van der Waals surface area contributed by atoms with Gasteiger partial charge in [0.15, 0.2) is 4.77 Å². The Balaban J connectivity index is 2.14. The van der Waals surface area contributed by atoms with E-state index in [1.54, 1.807) is 0 Å². The highest BCUT2D eigenvalue weighted by Crippen LogP contribution is 2.15. The zero-order valence-electron chi connectivity index (χ0n) is 10.3. The van der Waals surface area contributed by atoms with Gasteiger partial charge in [0.1, 0.15) is 0 Å². The van der Waals surface area contributed by atoms with Crippen molar-refractivity contribution >= 4 is 12.2 Å². The van der Waals surface area contributed by atoms with Crippen LogP contribution in [0, 0.1) is 4.77 Å². The molecule has 0 fully saturated rings. The van der Waals surface area contributed by atoms with Crippen LogP contribution in [-0.4, -0.2) is 9.55 Å². The molecule has 0 aliphatic rings. The van der Waals surface area contributed by atoms with E-state index >= 15 is 0 Å². The first-order valence-electron chi connectivity index (χ1n) is 6.00. The first-order valence-corrected chi connectivity index (χ1v) is 6.41. The molecular formula is C14H18N2S. The Bertz CT molecular complexity index is 523. The van der Waals surface area contributed by atoms with Crippen molar-refractivity contribution in [3.63, 3.8) is 0 Å². The molecule has 3 heteroatoms. The molecule has 2 nitrogen and oxygen atoms in total. The van der Waals surface area contributed by atoms with Crippen LogP contribution >= 0.6 is 12.2 Å². The lowest BCUT2D eigenvalue weighted by molar-refractivity contribution is 0.627. The standard InChI is InChI=1S/C14H18N2S/c1-11(2)13-10-15-14(17)16(13)9-8-12-6-4-3-5-7-12/h3-7,10-11H,8-9H2,1-2H3,(H,15,17). The van der Waals surface area contributed by atoms with Gasteiger partial charge < -0.3 is 9.55 Å². The van der Waals surface area contributed by atoms with Crippen LogP contribution in [0.5, 0.6) is 0 Å². The number of imidazole rings is 1. The van der Waals surface area contributed by atoms with Crippen LogP contribution in [0.3, 0.4) is 0 Å². The molecule has 0 aliphatic carbocycles. The van der Waals surface area contributed by atoms with Gasteiger partial charge in [0.05, 0.1) is 0 Å². The van der Waals surface area contributed by atoms with Crippen molar-refractivity contribution in [2.24, 2.45) is 0 Å². The highest BCUT2D eigenvalue weighted by Gasteiger charge is 2.07. The molecule has 0 aliphatic heterocycles. The molecule has 1 N–H and O–H groups in total. The number of aryl methyl sites for hydroxylation is 1. The predicted molar refractivity (Wildman–Crippen MR) is 73.9 cm³/mol. The second-order valence-corrected chi connectivity index (χ2v) is 4.95. The van der Waals surface area contributed by atoms with E-state index < -0.39 is 0 Å². The van der Waals surface area contributed by atoms with Crippen LogP contribution in [0.25, 0.3) is 0 Å². The van der Waals surface area contributed by atoms with Gasteiger partial charge in [-0.15, -0.1) is 0 Å². The molecule has 0 atom stereocenters. The van der Waals surface area contributed by atoms with Gasteiger partial charge in [0.25, 0.3) is 0 Å². The highest BCUT2D eigenvalue weighted by molar-refractivity contribution is 7.71. The normalized spacial score (nSPS) is 11.0. The van der Waals surface area contributed by atoms with Crippen LogP contribution < -0.4 is 0 Å². The summed E-state index contributed by atoms with van der Waals surface area (Å²) in [6, 6.07) is 10.5. The third-order valence-electron chi connectivity index (χ3n) is 2.96. The molecule has 0 spiro atoms. The van der Waals surface area contributed by atoms with Crippen LogP contribution in [0.4, 0.5) is 0 Å². The van der Waals surface area contributed by atoms with Crippen molar-refractivity contribution in [2.75, 3.05) is 0 Å². The van der Waals surface area contributed by atoms with E-state index in [1.807, 2.05) is 12.3 Å². The summed E-state index contributed by atoms with van der Waals surface area (Å²) in [7, 11) is 0. The van der Waals surface area contributed by atoms with Crippen molar-refractivity contribution in [1.82, 2.24) is 9.55 Å². The summed E-state index contributed by atoms with van der Waals surface area (Å²) in [6.45, 7) is 5.33. The maximum Gasteiger partial charge on any atom is 0.177 e. The fourth-order valence-electron chi connectivity index (χ4n) is 2.00. The van der Waals surface area contributed by atoms with E-state index in [-0.39, 0.29) is 0 Å². The molecule has 1 aromatic carbocycles. The van der Waals surface area contributed by atoms with Gasteiger partial charge >= 0.3 is 0 Å². The van der Waals surface area contributed by atoms with E-state index in [0.717, 1.165) is 17.7 Å². The molecule has 0 unspecified atom stereocenters. The van der Waals surface area contributed by atoms with Gasteiger partial charge in [0.2, 0.25) is 0 Å². The summed E-state index contributed by atoms with van der Waals surface area (Å²) >= 11 is 5.31. The summed E-state index contributed by atoms with van der Waals surface area (Å²) in [6.07, 6.45) is 3.05. The Labute approximate surface area is 107 Å². The number of H-pyrrole nitrogens is 1. The summed E-state index contributed by atoms with van der Waals surface area (Å²) in [4.78, 5) is 3.13. The lowest BCUT2D eigenvalue weighted by atomic mass is 10.1. The number of nitrogens with one attached hydrogen (secondary N) is 1. The monoisotopic (exact) mass is 246 g/mol. The SMILES string of the molecule is CC(C)c1c[nH]c(=S)n1CCc1ccccc1. The minimum atomic E-state index is 0.499. The number of benzene rings is 1. The molecule has 17 heavy (non-hydrogen) atoms. The summed E-state index contributed by atoms with van der Waals surface area (Å²) in [5, 5.41) is 0. The Morgan fingerprint density at radius 2 is 1.94 bits per heavy atom. The van der Waals surface area contributed by atoms with Crippen molar-refractivity contribution in [3.8, 4) is 0 Å². The maximum absolute atomic E-state index is 5.31. The summed E-state index contributed by atoms with van der Waals surface area (Å²) in [5.41, 5.74) is 2.64. The number of aromatic amines is 1. The van der Waals surface area contributed by atoms with E-state index in [2.05, 4.69) is 47.7 Å². The Hall–Kier alpha value is -1.35. The van der Waals surface area contributed by atoms with Gasteiger partial charge in [-0.05, 0) is 30.1 Å². The third kappa shape index (κ3) is 2.86. The Kier molecular flexibility index (Phi) is 3.79. The Morgan fingerprint density at radius 1 is 1.24 bits per heavy atom. The van der Waals surface area contributed by atoms with Crippen molar-refractivity contribution in [3.05, 3.63) is 52.6 Å². The quantitative estimate of drug-likeness (QED) is 0.811. The lowest BCUT2D eigenvalue weighted by Crippen LogP contribution is -2.06. The van der Waals surface area contributed by atoms with Gasteiger partial charge in [-0.25, -0.2) is 0 Å². The van der Waals surface area contributed by atoms with E-state index in [1.165, 1.54) is 11.3 Å². The topological polar surface area (TPSA) is 20.7 Å². The number of hydrogen-bond acceptors (Lipinski definition) is 1. The van der Waals surface area contributed by atoms with Gasteiger partial charge in [0, 0.05) is 18.4 Å². The number of nitrogens with zero attached hydrogens (tertiary/aromatic N) is 1. The molecule has 1 heterocycles. The number of aromatic nitrogens is 2. The van der Waals surface area contributed by atoms with E-state index in [9.17, 15) is 0 Å². The van der Waals surface area contributed by atoms with Gasteiger partial charge in [-0.2, -0.15) is 0 Å². The van der Waals surface area contributed by atoms with E-state index in [4.69, 9.17) is 12.2 Å². The van der Waals surface area contributed by atoms with Crippen LogP contribution in [0.1, 0.15) is 31.0 Å². The van der Waals surface area contributed by atoms with Crippen LogP contribution in [0.2, 0.25) is 0 Å². The minimum Gasteiger partial charge on any atom is -0.337 e. The first-order chi connectivity index (χ1) is 8.18. The molecule has 2 aromatic rings. The molecule has 90 valence electrons. The smallest absolute Gasteiger partial charge is 0.177 e. The van der Waals surface area contributed by atoms with Gasteiger partial charge in [-0.3, -0.25) is 0 Å². The molecule has 0 saturated heterocycles. The number of rotatable bonds is 4. The molecule has 1 aromatic heterocycles. The highest BCUT2D eigenvalue weighted by atomic mass is 32.1. The van der Waals surface area contributed by atoms with Crippen LogP contribution in [-0.2, 0) is 13.0 Å². The van der Waals surface area contributed by atoms with Crippen molar-refractivity contribution in [1.29, 1.82) is 0 Å². The van der Waals surface area contributed by atoms with Gasteiger partial charge in [-0.1, -0.05) is 44.2 Å². The third-order valence-corrected chi connectivity index (χ3v) is 3.30. The Morgan fingerprint density at radius 3 is 2.59 bits per heavy atom. The predicted octanol–water partition coefficient (Wildman–Crippen LogP) is 3.91. The molecule has 0 radical (unpaired) electrons. The fraction of sp³-hybridized carbons (Fsp3) is 0.357. The average molecular weight is 246 g/mol. The van der Waals surface area contributed by atoms with Crippen LogP contribution in [0.15, 0.2) is 36.5 Å². The van der Waals surface area contributed by atoms with E-state index in [0.29, 0.717) is 5.92 Å². The van der Waals surface area contributed by atoms with Crippen molar-refractivity contribution < 1.29 is 0 Å². The second kappa shape index (κ2) is 5.32. The molecular weight excluding hydrogens is 228 g/mol. The number of hydrogen-bond donors (Lipinski definition) is 1. The second-order valence-electron chi connectivity index (χ2n) is 4.56. The average Bonchev–Trinajstić information content (AvgIpc) is 2.69. The zero-order chi connectivity index (χ0) is 12.3. The summed E-state index contributed by atoms with van der Waals surface area (Å²) in [5.74, 6) is 0.499. The molecule has 0 amide bonds. The fourth-order valence-corrected chi connectivity index (χ4v) is 2.26. The largest absolute Gasteiger partial charge is 0.337 e.